The molecule has 0 N–H and O–H groups in total. The summed E-state index contributed by atoms with van der Waals surface area (Å²) in [4.78, 5) is 16.0. The molecule has 1 aliphatic heterocycles. The standard InChI is InChI=1S/C14H17N5O/c1-17-13(20)10-19(9-12-8-15-16-18(12)2)14(17)11-6-4-3-5-7-11/h3-8,14H,9-10H2,1-2H3. The maximum Gasteiger partial charge on any atom is 0.238 e. The molecule has 0 spiro atoms. The smallest absolute Gasteiger partial charge is 0.238 e. The molecule has 6 nitrogen and oxygen atoms in total. The quantitative estimate of drug-likeness (QED) is 0.828. The number of likely N-dealkylation sites (N-methyl/N-ethyl adjacent to an activating group) is 1. The van der Waals surface area contributed by atoms with Crippen LogP contribution in [0.4, 0.5) is 0 Å². The van der Waals surface area contributed by atoms with Crippen molar-refractivity contribution < 1.29 is 4.79 Å². The van der Waals surface area contributed by atoms with E-state index < -0.39 is 0 Å². The van der Waals surface area contributed by atoms with Crippen LogP contribution in [0.15, 0.2) is 36.5 Å². The summed E-state index contributed by atoms with van der Waals surface area (Å²) in [6.45, 7) is 1.07. The van der Waals surface area contributed by atoms with E-state index in [9.17, 15) is 4.79 Å². The molecular weight excluding hydrogens is 254 g/mol. The Labute approximate surface area is 117 Å². The molecule has 1 aliphatic rings. The van der Waals surface area contributed by atoms with Gasteiger partial charge in [0.25, 0.3) is 0 Å². The van der Waals surface area contributed by atoms with Gasteiger partial charge in [0.1, 0.15) is 6.17 Å². The molecule has 0 saturated carbocycles. The second kappa shape index (κ2) is 5.05. The van der Waals surface area contributed by atoms with Gasteiger partial charge in [-0.3, -0.25) is 14.4 Å². The molecule has 0 aliphatic carbocycles. The molecule has 1 saturated heterocycles. The Kier molecular flexibility index (Phi) is 3.23. The van der Waals surface area contributed by atoms with Gasteiger partial charge >= 0.3 is 0 Å². The molecule has 3 rings (SSSR count). The van der Waals surface area contributed by atoms with Crippen LogP contribution in [0.1, 0.15) is 17.4 Å². The first kappa shape index (κ1) is 12.8. The highest BCUT2D eigenvalue weighted by molar-refractivity contribution is 5.80. The minimum Gasteiger partial charge on any atom is -0.325 e. The van der Waals surface area contributed by atoms with Crippen molar-refractivity contribution in [2.24, 2.45) is 7.05 Å². The van der Waals surface area contributed by atoms with Crippen LogP contribution in [-0.4, -0.2) is 44.3 Å². The van der Waals surface area contributed by atoms with E-state index in [-0.39, 0.29) is 12.1 Å². The highest BCUT2D eigenvalue weighted by Crippen LogP contribution is 2.30. The van der Waals surface area contributed by atoms with Crippen LogP contribution >= 0.6 is 0 Å². The van der Waals surface area contributed by atoms with Crippen LogP contribution in [-0.2, 0) is 18.4 Å². The molecular formula is C14H17N5O. The highest BCUT2D eigenvalue weighted by Gasteiger charge is 2.36. The number of aromatic nitrogens is 3. The average molecular weight is 271 g/mol. The van der Waals surface area contributed by atoms with Crippen LogP contribution in [0.2, 0.25) is 0 Å². The number of carbonyl (C=O) groups excluding carboxylic acids is 1. The number of amides is 1. The van der Waals surface area contributed by atoms with Gasteiger partial charge in [-0.2, -0.15) is 0 Å². The molecule has 0 radical (unpaired) electrons. The van der Waals surface area contributed by atoms with E-state index in [2.05, 4.69) is 15.2 Å². The number of aryl methyl sites for hydroxylation is 1. The number of hydrogen-bond donors (Lipinski definition) is 0. The number of carbonyl (C=O) groups is 1. The molecule has 20 heavy (non-hydrogen) atoms. The first-order valence-electron chi connectivity index (χ1n) is 6.55. The third-order valence-electron chi connectivity index (χ3n) is 3.72. The van der Waals surface area contributed by atoms with E-state index >= 15 is 0 Å². The van der Waals surface area contributed by atoms with E-state index in [0.29, 0.717) is 13.1 Å². The maximum atomic E-state index is 12.0. The second-order valence-corrected chi connectivity index (χ2v) is 5.04. The lowest BCUT2D eigenvalue weighted by Gasteiger charge is -2.27. The van der Waals surface area contributed by atoms with Crippen LogP contribution in [0.25, 0.3) is 0 Å². The van der Waals surface area contributed by atoms with E-state index in [0.717, 1.165) is 11.3 Å². The van der Waals surface area contributed by atoms with Gasteiger partial charge in [0.05, 0.1) is 18.4 Å². The zero-order valence-electron chi connectivity index (χ0n) is 11.6. The molecule has 2 heterocycles. The number of rotatable bonds is 3. The summed E-state index contributed by atoms with van der Waals surface area (Å²) in [6, 6.07) is 10.1. The third kappa shape index (κ3) is 2.18. The largest absolute Gasteiger partial charge is 0.325 e. The minimum atomic E-state index is -0.0291. The molecule has 1 atom stereocenters. The van der Waals surface area contributed by atoms with Crippen LogP contribution in [0.5, 0.6) is 0 Å². The fourth-order valence-electron chi connectivity index (χ4n) is 2.62. The van der Waals surface area contributed by atoms with Crippen molar-refractivity contribution in [3.8, 4) is 0 Å². The SMILES string of the molecule is CN1C(=O)CN(Cc2cnnn2C)C1c1ccccc1. The lowest BCUT2D eigenvalue weighted by molar-refractivity contribution is -0.126. The third-order valence-corrected chi connectivity index (χ3v) is 3.72. The first-order valence-corrected chi connectivity index (χ1v) is 6.55. The van der Waals surface area contributed by atoms with Crippen molar-refractivity contribution in [3.05, 3.63) is 47.8 Å². The number of hydrogen-bond acceptors (Lipinski definition) is 4. The van der Waals surface area contributed by atoms with Gasteiger partial charge in [-0.1, -0.05) is 35.5 Å². The Balaban J connectivity index is 1.89. The number of nitrogens with zero attached hydrogens (tertiary/aromatic N) is 5. The summed E-state index contributed by atoms with van der Waals surface area (Å²) in [6.07, 6.45) is 1.71. The van der Waals surface area contributed by atoms with Gasteiger partial charge in [-0.05, 0) is 5.56 Å². The predicted molar refractivity (Wildman–Crippen MR) is 73.4 cm³/mol. The molecule has 1 unspecified atom stereocenters. The van der Waals surface area contributed by atoms with Crippen molar-refractivity contribution >= 4 is 5.91 Å². The lowest BCUT2D eigenvalue weighted by atomic mass is 10.1. The Morgan fingerprint density at radius 2 is 2.00 bits per heavy atom. The zero-order valence-corrected chi connectivity index (χ0v) is 11.6. The van der Waals surface area contributed by atoms with E-state index in [1.807, 2.05) is 44.4 Å². The van der Waals surface area contributed by atoms with Crippen molar-refractivity contribution in [1.29, 1.82) is 0 Å². The Morgan fingerprint density at radius 1 is 1.25 bits per heavy atom. The fourth-order valence-corrected chi connectivity index (χ4v) is 2.62. The van der Waals surface area contributed by atoms with Crippen LogP contribution in [0.3, 0.4) is 0 Å². The molecule has 1 aromatic heterocycles. The van der Waals surface area contributed by atoms with Crippen molar-refractivity contribution in [3.63, 3.8) is 0 Å². The molecule has 1 aromatic carbocycles. The summed E-state index contributed by atoms with van der Waals surface area (Å²) in [5.74, 6) is 0.133. The van der Waals surface area contributed by atoms with Gasteiger partial charge in [0.2, 0.25) is 5.91 Å². The van der Waals surface area contributed by atoms with Crippen molar-refractivity contribution in [2.75, 3.05) is 13.6 Å². The topological polar surface area (TPSA) is 54.3 Å². The highest BCUT2D eigenvalue weighted by atomic mass is 16.2. The van der Waals surface area contributed by atoms with Gasteiger partial charge in [0.15, 0.2) is 0 Å². The first-order chi connectivity index (χ1) is 9.66. The summed E-state index contributed by atoms with van der Waals surface area (Å²) >= 11 is 0. The lowest BCUT2D eigenvalue weighted by Crippen LogP contribution is -2.29. The molecule has 1 fully saturated rings. The normalized spacial score (nSPS) is 19.8. The minimum absolute atomic E-state index is 0.0291. The maximum absolute atomic E-state index is 12.0. The Hall–Kier alpha value is -2.21. The average Bonchev–Trinajstić information content (AvgIpc) is 2.97. The zero-order chi connectivity index (χ0) is 14.1. The van der Waals surface area contributed by atoms with Gasteiger partial charge in [-0.25, -0.2) is 0 Å². The monoisotopic (exact) mass is 271 g/mol. The Bertz CT molecular complexity index is 609. The molecule has 6 heteroatoms. The Morgan fingerprint density at radius 3 is 2.65 bits per heavy atom. The second-order valence-electron chi connectivity index (χ2n) is 5.04. The summed E-state index contributed by atoms with van der Waals surface area (Å²) in [7, 11) is 3.71. The van der Waals surface area contributed by atoms with E-state index in [1.54, 1.807) is 15.8 Å². The van der Waals surface area contributed by atoms with Crippen LogP contribution < -0.4 is 0 Å². The van der Waals surface area contributed by atoms with Crippen molar-refractivity contribution in [2.45, 2.75) is 12.7 Å². The molecule has 104 valence electrons. The van der Waals surface area contributed by atoms with Gasteiger partial charge in [0, 0.05) is 20.6 Å². The van der Waals surface area contributed by atoms with E-state index in [4.69, 9.17) is 0 Å². The molecule has 2 aromatic rings. The summed E-state index contributed by atoms with van der Waals surface area (Å²) < 4.78 is 1.74. The predicted octanol–water partition coefficient (Wildman–Crippen LogP) is 0.788. The molecule has 0 bridgehead atoms. The summed E-state index contributed by atoms with van der Waals surface area (Å²) in [5, 5.41) is 7.82. The summed E-state index contributed by atoms with van der Waals surface area (Å²) in [5.41, 5.74) is 2.12. The number of benzene rings is 1. The van der Waals surface area contributed by atoms with Gasteiger partial charge < -0.3 is 4.90 Å². The fraction of sp³-hybridized carbons (Fsp3) is 0.357. The molecule has 1 amide bonds. The van der Waals surface area contributed by atoms with Gasteiger partial charge in [-0.15, -0.1) is 5.10 Å². The van der Waals surface area contributed by atoms with E-state index in [1.165, 1.54) is 0 Å². The van der Waals surface area contributed by atoms with Crippen LogP contribution in [0, 0.1) is 0 Å². The van der Waals surface area contributed by atoms with Crippen molar-refractivity contribution in [1.82, 2.24) is 24.8 Å².